The molecule has 2 N–H and O–H groups in total. The van der Waals surface area contributed by atoms with Crippen molar-refractivity contribution in [2.75, 3.05) is 13.2 Å². The van der Waals surface area contributed by atoms with Crippen molar-refractivity contribution in [1.29, 1.82) is 0 Å². The Labute approximate surface area is 131 Å². The van der Waals surface area contributed by atoms with Crippen molar-refractivity contribution in [3.63, 3.8) is 0 Å². The molecule has 0 bridgehead atoms. The second-order valence-corrected chi connectivity index (χ2v) is 5.32. The van der Waals surface area contributed by atoms with Crippen LogP contribution in [0.25, 0.3) is 0 Å². The smallest absolute Gasteiger partial charge is 0.311 e. The maximum Gasteiger partial charge on any atom is 0.311 e. The van der Waals surface area contributed by atoms with Gasteiger partial charge in [0.15, 0.2) is 6.61 Å². The van der Waals surface area contributed by atoms with Gasteiger partial charge in [-0.15, -0.1) is 0 Å². The molecule has 22 heavy (non-hydrogen) atoms. The zero-order valence-corrected chi connectivity index (χ0v) is 13.5. The highest BCUT2D eigenvalue weighted by molar-refractivity contribution is 5.80. The van der Waals surface area contributed by atoms with Crippen LogP contribution in [0.5, 0.6) is 5.75 Å². The van der Waals surface area contributed by atoms with Crippen molar-refractivity contribution in [2.45, 2.75) is 40.0 Å². The fourth-order valence-corrected chi connectivity index (χ4v) is 2.28. The summed E-state index contributed by atoms with van der Waals surface area (Å²) in [6, 6.07) is 7.56. The Morgan fingerprint density at radius 3 is 2.36 bits per heavy atom. The lowest BCUT2D eigenvalue weighted by Crippen LogP contribution is -2.43. The van der Waals surface area contributed by atoms with E-state index in [2.05, 4.69) is 5.32 Å². The van der Waals surface area contributed by atoms with Crippen molar-refractivity contribution in [3.8, 4) is 5.75 Å². The standard InChI is InChI=1S/C17H25NO4/c1-4-13-9-7-8-10-14(13)22-11-15(19)18-12-17(5-2,6-3)16(20)21/h7-10H,4-6,11-12H2,1-3H3,(H,18,19)(H,20,21). The van der Waals surface area contributed by atoms with Gasteiger partial charge in [0.25, 0.3) is 5.91 Å². The van der Waals surface area contributed by atoms with Crippen LogP contribution in [-0.4, -0.2) is 30.1 Å². The van der Waals surface area contributed by atoms with Crippen LogP contribution in [0.2, 0.25) is 0 Å². The molecule has 0 heterocycles. The number of carbonyl (C=O) groups excluding carboxylic acids is 1. The van der Waals surface area contributed by atoms with Crippen molar-refractivity contribution in [2.24, 2.45) is 5.41 Å². The Hall–Kier alpha value is -2.04. The number of hydrogen-bond donors (Lipinski definition) is 2. The molecular weight excluding hydrogens is 282 g/mol. The highest BCUT2D eigenvalue weighted by atomic mass is 16.5. The molecule has 5 heteroatoms. The number of amides is 1. The van der Waals surface area contributed by atoms with Gasteiger partial charge < -0.3 is 15.2 Å². The summed E-state index contributed by atoms with van der Waals surface area (Å²) in [6.07, 6.45) is 1.77. The molecule has 0 aromatic heterocycles. The molecule has 1 aromatic carbocycles. The van der Waals surface area contributed by atoms with Crippen LogP contribution >= 0.6 is 0 Å². The van der Waals surface area contributed by atoms with Gasteiger partial charge in [-0.25, -0.2) is 0 Å². The van der Waals surface area contributed by atoms with E-state index in [1.807, 2.05) is 45.0 Å². The first-order chi connectivity index (χ1) is 10.5. The molecule has 0 fully saturated rings. The molecule has 0 radical (unpaired) electrons. The van der Waals surface area contributed by atoms with E-state index in [9.17, 15) is 14.7 Å². The SMILES string of the molecule is CCc1ccccc1OCC(=O)NCC(CC)(CC)C(=O)O. The maximum absolute atomic E-state index is 11.9. The summed E-state index contributed by atoms with van der Waals surface area (Å²) in [5.41, 5.74) is 0.133. The molecular formula is C17H25NO4. The predicted molar refractivity (Wildman–Crippen MR) is 85.0 cm³/mol. The van der Waals surface area contributed by atoms with Crippen LogP contribution in [0.1, 0.15) is 39.2 Å². The van der Waals surface area contributed by atoms with E-state index in [0.717, 1.165) is 12.0 Å². The number of carboxylic acids is 1. The summed E-state index contributed by atoms with van der Waals surface area (Å²) >= 11 is 0. The number of aliphatic carboxylic acids is 1. The van der Waals surface area contributed by atoms with Crippen LogP contribution in [0.3, 0.4) is 0 Å². The number of hydrogen-bond acceptors (Lipinski definition) is 3. The second-order valence-electron chi connectivity index (χ2n) is 5.32. The normalized spacial score (nSPS) is 11.0. The Morgan fingerprint density at radius 1 is 1.18 bits per heavy atom. The van der Waals surface area contributed by atoms with Crippen LogP contribution in [0, 0.1) is 5.41 Å². The summed E-state index contributed by atoms with van der Waals surface area (Å²) < 4.78 is 5.52. The fraction of sp³-hybridized carbons (Fsp3) is 0.529. The quantitative estimate of drug-likeness (QED) is 0.735. The van der Waals surface area contributed by atoms with Crippen LogP contribution in [0.4, 0.5) is 0 Å². The molecule has 5 nitrogen and oxygen atoms in total. The molecule has 0 saturated heterocycles. The number of ether oxygens (including phenoxy) is 1. The zero-order valence-electron chi connectivity index (χ0n) is 13.5. The number of rotatable bonds is 9. The number of para-hydroxylation sites is 1. The van der Waals surface area contributed by atoms with E-state index in [0.29, 0.717) is 18.6 Å². The Bertz CT molecular complexity index is 509. The van der Waals surface area contributed by atoms with Gasteiger partial charge in [0.05, 0.1) is 5.41 Å². The van der Waals surface area contributed by atoms with E-state index in [1.165, 1.54) is 0 Å². The highest BCUT2D eigenvalue weighted by Gasteiger charge is 2.35. The topological polar surface area (TPSA) is 75.6 Å². The zero-order chi connectivity index (χ0) is 16.6. The largest absolute Gasteiger partial charge is 0.483 e. The van der Waals surface area contributed by atoms with E-state index in [4.69, 9.17) is 4.74 Å². The van der Waals surface area contributed by atoms with Crippen molar-refractivity contribution in [1.82, 2.24) is 5.32 Å². The second kappa shape index (κ2) is 8.41. The van der Waals surface area contributed by atoms with Crippen molar-refractivity contribution < 1.29 is 19.4 Å². The lowest BCUT2D eigenvalue weighted by atomic mass is 9.82. The van der Waals surface area contributed by atoms with Crippen LogP contribution in [-0.2, 0) is 16.0 Å². The van der Waals surface area contributed by atoms with Gasteiger partial charge in [0, 0.05) is 6.54 Å². The van der Waals surface area contributed by atoms with E-state index in [-0.39, 0.29) is 19.1 Å². The monoisotopic (exact) mass is 307 g/mol. The number of benzene rings is 1. The minimum Gasteiger partial charge on any atom is -0.483 e. The summed E-state index contributed by atoms with van der Waals surface area (Å²) in [6.45, 7) is 5.66. The lowest BCUT2D eigenvalue weighted by molar-refractivity contribution is -0.149. The molecule has 122 valence electrons. The maximum atomic E-state index is 11.9. The van der Waals surface area contributed by atoms with Crippen LogP contribution < -0.4 is 10.1 Å². The fourth-order valence-electron chi connectivity index (χ4n) is 2.28. The summed E-state index contributed by atoms with van der Waals surface area (Å²) in [7, 11) is 0. The molecule has 0 aliphatic carbocycles. The van der Waals surface area contributed by atoms with Crippen LogP contribution in [0.15, 0.2) is 24.3 Å². The van der Waals surface area contributed by atoms with Gasteiger partial charge in [-0.05, 0) is 30.9 Å². The molecule has 0 aliphatic rings. The van der Waals surface area contributed by atoms with Gasteiger partial charge >= 0.3 is 5.97 Å². The van der Waals surface area contributed by atoms with Gasteiger partial charge in [-0.2, -0.15) is 0 Å². The molecule has 0 atom stereocenters. The van der Waals surface area contributed by atoms with E-state index < -0.39 is 11.4 Å². The lowest BCUT2D eigenvalue weighted by Gasteiger charge is -2.26. The first kappa shape index (κ1) is 18.0. The van der Waals surface area contributed by atoms with Crippen molar-refractivity contribution in [3.05, 3.63) is 29.8 Å². The first-order valence-corrected chi connectivity index (χ1v) is 7.69. The summed E-state index contributed by atoms with van der Waals surface area (Å²) in [5, 5.41) is 12.0. The van der Waals surface area contributed by atoms with Gasteiger partial charge in [-0.3, -0.25) is 9.59 Å². The van der Waals surface area contributed by atoms with Gasteiger partial charge in [-0.1, -0.05) is 39.0 Å². The number of carbonyl (C=O) groups is 2. The first-order valence-electron chi connectivity index (χ1n) is 7.69. The summed E-state index contributed by atoms with van der Waals surface area (Å²) in [5.74, 6) is -0.496. The Balaban J connectivity index is 2.55. The average Bonchev–Trinajstić information content (AvgIpc) is 2.54. The molecule has 0 spiro atoms. The average molecular weight is 307 g/mol. The molecule has 1 amide bonds. The van der Waals surface area contributed by atoms with Gasteiger partial charge in [0.2, 0.25) is 0 Å². The number of aryl methyl sites for hydroxylation is 1. The van der Waals surface area contributed by atoms with Crippen molar-refractivity contribution >= 4 is 11.9 Å². The Kier molecular flexibility index (Phi) is 6.89. The third-order valence-corrected chi connectivity index (χ3v) is 4.14. The van der Waals surface area contributed by atoms with E-state index >= 15 is 0 Å². The molecule has 1 rings (SSSR count). The van der Waals surface area contributed by atoms with E-state index in [1.54, 1.807) is 0 Å². The third-order valence-electron chi connectivity index (χ3n) is 4.14. The molecule has 0 saturated carbocycles. The summed E-state index contributed by atoms with van der Waals surface area (Å²) in [4.78, 5) is 23.3. The Morgan fingerprint density at radius 2 is 1.82 bits per heavy atom. The highest BCUT2D eigenvalue weighted by Crippen LogP contribution is 2.25. The molecule has 1 aromatic rings. The van der Waals surface area contributed by atoms with Gasteiger partial charge in [0.1, 0.15) is 5.75 Å². The predicted octanol–water partition coefficient (Wildman–Crippen LogP) is 2.63. The minimum atomic E-state index is -0.906. The minimum absolute atomic E-state index is 0.111. The molecule has 0 unspecified atom stereocenters. The third kappa shape index (κ3) is 4.48. The number of carboxylic acid groups (broad SMARTS) is 1. The number of nitrogens with one attached hydrogen (secondary N) is 1. The molecule has 0 aliphatic heterocycles.